The number of carbonyl (C=O) groups is 1. The molecule has 0 saturated heterocycles. The van der Waals surface area contributed by atoms with Gasteiger partial charge in [-0.15, -0.1) is 0 Å². The average molecular weight is 376 g/mol. The summed E-state index contributed by atoms with van der Waals surface area (Å²) in [7, 11) is 1.30. The molecular formula is C12H13Cl3O5S. The molecule has 0 radical (unpaired) electrons. The molecule has 21 heavy (non-hydrogen) atoms. The lowest BCUT2D eigenvalue weighted by Gasteiger charge is -2.10. The molecule has 9 heteroatoms. The molecule has 0 amide bonds. The van der Waals surface area contributed by atoms with E-state index < -0.39 is 15.0 Å². The van der Waals surface area contributed by atoms with Gasteiger partial charge in [0.15, 0.2) is 5.75 Å². The van der Waals surface area contributed by atoms with E-state index in [-0.39, 0.29) is 27.1 Å². The fourth-order valence-electron chi connectivity index (χ4n) is 1.54. The third-order valence-electron chi connectivity index (χ3n) is 2.53. The molecule has 0 spiro atoms. The largest absolute Gasteiger partial charge is 0.490 e. The standard InChI is InChI=1S/C12H13Cl3O5S/c13-9-6-8(21(15,18)19)7-10(14)12(9)20-5-3-1-2-4-11(16)17/h6-7H,1-5H2,(H,16,17). The summed E-state index contributed by atoms with van der Waals surface area (Å²) in [4.78, 5) is 10.1. The van der Waals surface area contributed by atoms with Crippen molar-refractivity contribution in [1.29, 1.82) is 0 Å². The zero-order chi connectivity index (χ0) is 16.0. The molecule has 0 fully saturated rings. The van der Waals surface area contributed by atoms with Gasteiger partial charge in [-0.3, -0.25) is 4.79 Å². The fraction of sp³-hybridized carbons (Fsp3) is 0.417. The molecule has 118 valence electrons. The van der Waals surface area contributed by atoms with Gasteiger partial charge in [-0.25, -0.2) is 8.42 Å². The summed E-state index contributed by atoms with van der Waals surface area (Å²) in [6.45, 7) is 0.298. The van der Waals surface area contributed by atoms with E-state index in [1.54, 1.807) is 0 Å². The van der Waals surface area contributed by atoms with Crippen molar-refractivity contribution < 1.29 is 23.1 Å². The van der Waals surface area contributed by atoms with Gasteiger partial charge in [0.25, 0.3) is 9.05 Å². The van der Waals surface area contributed by atoms with Crippen LogP contribution in [0.5, 0.6) is 5.75 Å². The van der Waals surface area contributed by atoms with Crippen LogP contribution in [0.25, 0.3) is 0 Å². The molecule has 0 aromatic heterocycles. The highest BCUT2D eigenvalue weighted by atomic mass is 35.7. The Labute approximate surface area is 137 Å². The van der Waals surface area contributed by atoms with E-state index in [4.69, 9.17) is 43.7 Å². The van der Waals surface area contributed by atoms with Gasteiger partial charge < -0.3 is 9.84 Å². The number of ether oxygens (including phenoxy) is 1. The van der Waals surface area contributed by atoms with Gasteiger partial charge in [0, 0.05) is 17.1 Å². The quantitative estimate of drug-likeness (QED) is 0.550. The van der Waals surface area contributed by atoms with Crippen LogP contribution in [0.1, 0.15) is 25.7 Å². The Hall–Kier alpha value is -0.690. The van der Waals surface area contributed by atoms with Gasteiger partial charge in [-0.1, -0.05) is 23.2 Å². The summed E-state index contributed by atoms with van der Waals surface area (Å²) in [5, 5.41) is 8.58. The van der Waals surface area contributed by atoms with Crippen molar-refractivity contribution in [2.24, 2.45) is 0 Å². The van der Waals surface area contributed by atoms with Gasteiger partial charge in [0.05, 0.1) is 21.5 Å². The molecule has 0 atom stereocenters. The van der Waals surface area contributed by atoms with E-state index in [1.165, 1.54) is 0 Å². The minimum absolute atomic E-state index is 0.0484. The number of hydrogen-bond donors (Lipinski definition) is 1. The highest BCUT2D eigenvalue weighted by Gasteiger charge is 2.16. The lowest BCUT2D eigenvalue weighted by molar-refractivity contribution is -0.137. The Morgan fingerprint density at radius 2 is 1.71 bits per heavy atom. The van der Waals surface area contributed by atoms with Crippen LogP contribution < -0.4 is 4.74 Å². The van der Waals surface area contributed by atoms with E-state index in [9.17, 15) is 13.2 Å². The summed E-state index contributed by atoms with van der Waals surface area (Å²) in [6.07, 6.45) is 2.00. The Morgan fingerprint density at radius 3 is 2.19 bits per heavy atom. The summed E-state index contributed by atoms with van der Waals surface area (Å²) in [6, 6.07) is 2.32. The molecule has 0 heterocycles. The molecule has 1 aromatic carbocycles. The second-order valence-electron chi connectivity index (χ2n) is 4.21. The van der Waals surface area contributed by atoms with Gasteiger partial charge in [-0.2, -0.15) is 0 Å². The Kier molecular flexibility index (Phi) is 7.06. The first-order valence-corrected chi connectivity index (χ1v) is 9.06. The molecule has 0 aliphatic rings. The van der Waals surface area contributed by atoms with E-state index in [2.05, 4.69) is 0 Å². The van der Waals surface area contributed by atoms with Gasteiger partial charge in [-0.05, 0) is 31.4 Å². The van der Waals surface area contributed by atoms with Crippen LogP contribution >= 0.6 is 33.9 Å². The maximum Gasteiger partial charge on any atom is 0.303 e. The van der Waals surface area contributed by atoms with Crippen molar-refractivity contribution in [3.05, 3.63) is 22.2 Å². The SMILES string of the molecule is O=C(O)CCCCCOc1c(Cl)cc(S(=O)(=O)Cl)cc1Cl. The second kappa shape index (κ2) is 8.08. The minimum Gasteiger partial charge on any atom is -0.490 e. The Bertz CT molecular complexity index is 592. The Morgan fingerprint density at radius 1 is 1.14 bits per heavy atom. The maximum absolute atomic E-state index is 11.2. The first kappa shape index (κ1) is 18.4. The summed E-state index contributed by atoms with van der Waals surface area (Å²) in [5.74, 6) is -0.652. The summed E-state index contributed by atoms with van der Waals surface area (Å²) < 4.78 is 27.8. The highest BCUT2D eigenvalue weighted by molar-refractivity contribution is 8.13. The molecule has 5 nitrogen and oxygen atoms in total. The van der Waals surface area contributed by atoms with Crippen LogP contribution in [0.4, 0.5) is 0 Å². The maximum atomic E-state index is 11.2. The molecule has 1 rings (SSSR count). The Balaban J connectivity index is 2.59. The lowest BCUT2D eigenvalue weighted by Crippen LogP contribution is -2.01. The molecule has 1 aromatic rings. The number of aliphatic carboxylic acids is 1. The highest BCUT2D eigenvalue weighted by Crippen LogP contribution is 2.36. The third kappa shape index (κ3) is 6.30. The van der Waals surface area contributed by atoms with Crippen molar-refractivity contribution in [3.8, 4) is 5.75 Å². The fourth-order valence-corrected chi connectivity index (χ4v) is 3.05. The number of halogens is 3. The van der Waals surface area contributed by atoms with Gasteiger partial charge >= 0.3 is 5.97 Å². The predicted octanol–water partition coefficient (Wildman–Crippen LogP) is 3.94. The van der Waals surface area contributed by atoms with Crippen molar-refractivity contribution in [2.75, 3.05) is 6.61 Å². The molecule has 0 aliphatic carbocycles. The van der Waals surface area contributed by atoms with Crippen LogP contribution in [-0.4, -0.2) is 26.1 Å². The van der Waals surface area contributed by atoms with Crippen molar-refractivity contribution in [1.82, 2.24) is 0 Å². The molecular weight excluding hydrogens is 363 g/mol. The molecule has 1 N–H and O–H groups in total. The first-order chi connectivity index (χ1) is 9.71. The second-order valence-corrected chi connectivity index (χ2v) is 7.59. The predicted molar refractivity (Wildman–Crippen MR) is 81.1 cm³/mol. The van der Waals surface area contributed by atoms with Crippen LogP contribution in [0.2, 0.25) is 10.0 Å². The molecule has 0 bridgehead atoms. The van der Waals surface area contributed by atoms with E-state index in [0.717, 1.165) is 12.1 Å². The average Bonchev–Trinajstić information content (AvgIpc) is 2.34. The summed E-state index contributed by atoms with van der Waals surface area (Å²) >= 11 is 11.8. The number of hydrogen-bond acceptors (Lipinski definition) is 4. The van der Waals surface area contributed by atoms with Crippen molar-refractivity contribution >= 4 is 48.9 Å². The van der Waals surface area contributed by atoms with E-state index in [0.29, 0.717) is 25.9 Å². The third-order valence-corrected chi connectivity index (χ3v) is 4.43. The topological polar surface area (TPSA) is 80.7 Å². The van der Waals surface area contributed by atoms with Gasteiger partial charge in [0.1, 0.15) is 0 Å². The molecule has 0 unspecified atom stereocenters. The van der Waals surface area contributed by atoms with Crippen LogP contribution in [0.15, 0.2) is 17.0 Å². The van der Waals surface area contributed by atoms with Crippen LogP contribution in [0.3, 0.4) is 0 Å². The van der Waals surface area contributed by atoms with E-state index >= 15 is 0 Å². The van der Waals surface area contributed by atoms with E-state index in [1.807, 2.05) is 0 Å². The number of rotatable bonds is 8. The zero-order valence-corrected chi connectivity index (χ0v) is 13.9. The normalized spacial score (nSPS) is 11.4. The smallest absolute Gasteiger partial charge is 0.303 e. The monoisotopic (exact) mass is 374 g/mol. The summed E-state index contributed by atoms with van der Waals surface area (Å²) in [5.41, 5.74) is 0. The molecule has 0 aliphatic heterocycles. The van der Waals surface area contributed by atoms with Gasteiger partial charge in [0.2, 0.25) is 0 Å². The zero-order valence-electron chi connectivity index (χ0n) is 10.8. The van der Waals surface area contributed by atoms with Crippen molar-refractivity contribution in [2.45, 2.75) is 30.6 Å². The first-order valence-electron chi connectivity index (χ1n) is 6.00. The number of benzene rings is 1. The number of carboxylic acid groups (broad SMARTS) is 1. The van der Waals surface area contributed by atoms with Crippen LogP contribution in [0, 0.1) is 0 Å². The molecule has 0 saturated carbocycles. The minimum atomic E-state index is -3.91. The number of unbranched alkanes of at least 4 members (excludes halogenated alkanes) is 2. The lowest BCUT2D eigenvalue weighted by atomic mass is 10.2. The number of carboxylic acids is 1. The van der Waals surface area contributed by atoms with Crippen molar-refractivity contribution in [3.63, 3.8) is 0 Å². The van der Waals surface area contributed by atoms with Crippen LogP contribution in [-0.2, 0) is 13.8 Å².